The molecule has 0 saturated carbocycles. The lowest BCUT2D eigenvalue weighted by Crippen LogP contribution is -2.20. The molecule has 0 unspecified atom stereocenters. The van der Waals surface area contributed by atoms with Crippen molar-refractivity contribution in [2.45, 2.75) is 30.5 Å². The van der Waals surface area contributed by atoms with Gasteiger partial charge >= 0.3 is 0 Å². The molecule has 3 rings (SSSR count). The predicted molar refractivity (Wildman–Crippen MR) is 94.8 cm³/mol. The topological polar surface area (TPSA) is 14.2 Å². The zero-order valence-corrected chi connectivity index (χ0v) is 14.3. The maximum Gasteiger partial charge on any atom is 0.119 e. The molecule has 0 atom stereocenters. The van der Waals surface area contributed by atoms with Crippen molar-refractivity contribution in [1.82, 2.24) is 4.57 Å². The van der Waals surface area contributed by atoms with Gasteiger partial charge in [0.2, 0.25) is 0 Å². The molecular formula is C19H21NOS. The van der Waals surface area contributed by atoms with Crippen molar-refractivity contribution in [1.29, 1.82) is 0 Å². The Hall–Kier alpha value is -1.87. The SMILES string of the molecule is COc1ccc2c(c1)c(C)cn2C(C)(C)Sc1ccccc1. The molecule has 114 valence electrons. The fraction of sp³-hybridized carbons (Fsp3) is 0.263. The van der Waals surface area contributed by atoms with E-state index in [1.165, 1.54) is 21.4 Å². The third-order valence-corrected chi connectivity index (χ3v) is 5.11. The molecule has 0 radical (unpaired) electrons. The van der Waals surface area contributed by atoms with Crippen LogP contribution in [0.3, 0.4) is 0 Å². The standard InChI is InChI=1S/C19H21NOS/c1-14-13-20(18-11-10-15(21-4)12-17(14)18)19(2,3)22-16-8-6-5-7-9-16/h5-13H,1-4H3. The van der Waals surface area contributed by atoms with Gasteiger partial charge in [-0.15, -0.1) is 0 Å². The minimum Gasteiger partial charge on any atom is -0.497 e. The van der Waals surface area contributed by atoms with Crippen molar-refractivity contribution in [3.63, 3.8) is 0 Å². The van der Waals surface area contributed by atoms with Crippen molar-refractivity contribution >= 4 is 22.7 Å². The normalized spacial score (nSPS) is 11.8. The molecule has 0 bridgehead atoms. The summed E-state index contributed by atoms with van der Waals surface area (Å²) < 4.78 is 7.71. The van der Waals surface area contributed by atoms with Crippen LogP contribution in [0.5, 0.6) is 5.75 Å². The second-order valence-corrected chi connectivity index (χ2v) is 7.60. The van der Waals surface area contributed by atoms with E-state index >= 15 is 0 Å². The molecule has 0 amide bonds. The fourth-order valence-corrected chi connectivity index (χ4v) is 3.89. The molecule has 0 spiro atoms. The average Bonchev–Trinajstić information content (AvgIpc) is 2.85. The summed E-state index contributed by atoms with van der Waals surface area (Å²) >= 11 is 1.87. The first-order valence-electron chi connectivity index (χ1n) is 7.41. The van der Waals surface area contributed by atoms with E-state index in [-0.39, 0.29) is 4.87 Å². The Labute approximate surface area is 136 Å². The van der Waals surface area contributed by atoms with Crippen LogP contribution in [-0.2, 0) is 4.87 Å². The number of aryl methyl sites for hydroxylation is 1. The minimum absolute atomic E-state index is 0.0670. The van der Waals surface area contributed by atoms with Crippen LogP contribution in [0.4, 0.5) is 0 Å². The maximum atomic E-state index is 5.35. The lowest BCUT2D eigenvalue weighted by molar-refractivity contribution is 0.415. The molecule has 0 fully saturated rings. The Bertz CT molecular complexity index is 790. The first kappa shape index (κ1) is 15.0. The number of rotatable bonds is 4. The van der Waals surface area contributed by atoms with Crippen LogP contribution in [0.2, 0.25) is 0 Å². The quantitative estimate of drug-likeness (QED) is 0.595. The Balaban J connectivity index is 2.05. The van der Waals surface area contributed by atoms with Crippen molar-refractivity contribution in [3.05, 3.63) is 60.3 Å². The van der Waals surface area contributed by atoms with Crippen LogP contribution in [0, 0.1) is 6.92 Å². The highest BCUT2D eigenvalue weighted by Crippen LogP contribution is 2.40. The van der Waals surface area contributed by atoms with E-state index in [9.17, 15) is 0 Å². The number of hydrogen-bond acceptors (Lipinski definition) is 2. The lowest BCUT2D eigenvalue weighted by atomic mass is 10.2. The van der Waals surface area contributed by atoms with Gasteiger partial charge in [-0.2, -0.15) is 0 Å². The van der Waals surface area contributed by atoms with Gasteiger partial charge in [0.25, 0.3) is 0 Å². The molecule has 0 aliphatic heterocycles. The summed E-state index contributed by atoms with van der Waals surface area (Å²) in [7, 11) is 1.71. The monoisotopic (exact) mass is 311 g/mol. The summed E-state index contributed by atoms with van der Waals surface area (Å²) in [6.07, 6.45) is 2.24. The summed E-state index contributed by atoms with van der Waals surface area (Å²) in [6, 6.07) is 16.8. The van der Waals surface area contributed by atoms with E-state index in [1.807, 2.05) is 17.8 Å². The van der Waals surface area contributed by atoms with Gasteiger partial charge in [-0.05, 0) is 56.7 Å². The number of thioether (sulfide) groups is 1. The third-order valence-electron chi connectivity index (χ3n) is 3.90. The molecular weight excluding hydrogens is 290 g/mol. The van der Waals surface area contributed by atoms with Crippen LogP contribution < -0.4 is 4.74 Å². The van der Waals surface area contributed by atoms with E-state index in [1.54, 1.807) is 7.11 Å². The smallest absolute Gasteiger partial charge is 0.119 e. The van der Waals surface area contributed by atoms with Gasteiger partial charge in [0.15, 0.2) is 0 Å². The first-order chi connectivity index (χ1) is 10.5. The summed E-state index contributed by atoms with van der Waals surface area (Å²) in [4.78, 5) is 1.21. The Morgan fingerprint density at radius 1 is 1.05 bits per heavy atom. The number of methoxy groups -OCH3 is 1. The lowest BCUT2D eigenvalue weighted by Gasteiger charge is -2.27. The Morgan fingerprint density at radius 2 is 1.77 bits per heavy atom. The van der Waals surface area contributed by atoms with Crippen molar-refractivity contribution in [3.8, 4) is 5.75 Å². The number of benzene rings is 2. The predicted octanol–water partition coefficient (Wildman–Crippen LogP) is 5.44. The third kappa shape index (κ3) is 2.73. The van der Waals surface area contributed by atoms with Gasteiger partial charge in [-0.25, -0.2) is 0 Å². The van der Waals surface area contributed by atoms with Gasteiger partial charge in [-0.1, -0.05) is 30.0 Å². The molecule has 2 nitrogen and oxygen atoms in total. The molecule has 1 aromatic heterocycles. The summed E-state index contributed by atoms with van der Waals surface area (Å²) in [5, 5.41) is 1.25. The van der Waals surface area contributed by atoms with E-state index in [0.717, 1.165) is 5.75 Å². The van der Waals surface area contributed by atoms with Gasteiger partial charge < -0.3 is 9.30 Å². The molecule has 3 aromatic rings. The second kappa shape index (κ2) is 5.73. The zero-order chi connectivity index (χ0) is 15.7. The van der Waals surface area contributed by atoms with Crippen LogP contribution in [-0.4, -0.2) is 11.7 Å². The number of ether oxygens (including phenoxy) is 1. The summed E-state index contributed by atoms with van der Waals surface area (Å²) in [6.45, 7) is 6.67. The number of fused-ring (bicyclic) bond motifs is 1. The largest absolute Gasteiger partial charge is 0.497 e. The molecule has 1 heterocycles. The van der Waals surface area contributed by atoms with Crippen LogP contribution in [0.1, 0.15) is 19.4 Å². The van der Waals surface area contributed by atoms with Gasteiger partial charge in [0, 0.05) is 22.0 Å². The first-order valence-corrected chi connectivity index (χ1v) is 8.23. The molecule has 0 N–H and O–H groups in total. The van der Waals surface area contributed by atoms with Gasteiger partial charge in [0.1, 0.15) is 5.75 Å². The highest BCUT2D eigenvalue weighted by atomic mass is 32.2. The van der Waals surface area contributed by atoms with Crippen molar-refractivity contribution in [2.75, 3.05) is 7.11 Å². The van der Waals surface area contributed by atoms with Crippen LogP contribution >= 0.6 is 11.8 Å². The number of nitrogens with zero attached hydrogens (tertiary/aromatic N) is 1. The Morgan fingerprint density at radius 3 is 2.45 bits per heavy atom. The molecule has 0 aliphatic rings. The van der Waals surface area contributed by atoms with Gasteiger partial charge in [-0.3, -0.25) is 0 Å². The van der Waals surface area contributed by atoms with Crippen molar-refractivity contribution < 1.29 is 4.74 Å². The maximum absolute atomic E-state index is 5.35. The van der Waals surface area contributed by atoms with E-state index < -0.39 is 0 Å². The summed E-state index contributed by atoms with van der Waals surface area (Å²) in [5.74, 6) is 0.905. The highest BCUT2D eigenvalue weighted by molar-refractivity contribution is 8.00. The average molecular weight is 311 g/mol. The number of aromatic nitrogens is 1. The fourth-order valence-electron chi connectivity index (χ4n) is 2.77. The van der Waals surface area contributed by atoms with E-state index in [4.69, 9.17) is 4.74 Å². The molecule has 0 saturated heterocycles. The minimum atomic E-state index is -0.0670. The van der Waals surface area contributed by atoms with Crippen LogP contribution in [0.25, 0.3) is 10.9 Å². The van der Waals surface area contributed by atoms with Gasteiger partial charge in [0.05, 0.1) is 12.0 Å². The molecule has 22 heavy (non-hydrogen) atoms. The van der Waals surface area contributed by atoms with Crippen molar-refractivity contribution in [2.24, 2.45) is 0 Å². The second-order valence-electron chi connectivity index (χ2n) is 5.93. The zero-order valence-electron chi connectivity index (χ0n) is 13.5. The molecule has 2 aromatic carbocycles. The van der Waals surface area contributed by atoms with E-state index in [0.29, 0.717) is 0 Å². The Kier molecular flexibility index (Phi) is 3.92. The van der Waals surface area contributed by atoms with Crippen LogP contribution in [0.15, 0.2) is 59.6 Å². The molecule has 0 aliphatic carbocycles. The number of hydrogen-bond donors (Lipinski definition) is 0. The highest BCUT2D eigenvalue weighted by Gasteiger charge is 2.24. The summed E-state index contributed by atoms with van der Waals surface area (Å²) in [5.41, 5.74) is 2.52. The van der Waals surface area contributed by atoms with E-state index in [2.05, 4.69) is 74.0 Å². The molecule has 3 heteroatoms.